The molecule has 2 bridgehead atoms. The Morgan fingerprint density at radius 2 is 1.92 bits per heavy atom. The highest BCUT2D eigenvalue weighted by molar-refractivity contribution is 7.89. The fourth-order valence-electron chi connectivity index (χ4n) is 4.07. The van der Waals surface area contributed by atoms with Gasteiger partial charge in [0.25, 0.3) is 0 Å². The van der Waals surface area contributed by atoms with Crippen molar-refractivity contribution in [1.82, 2.24) is 29.1 Å². The fraction of sp³-hybridized carbons (Fsp3) is 0.667. The number of methoxy groups -OCH3 is 1. The SMILES string of the molecule is COCc1cn(C2CC3CCC(C2)N3S(=O)(=O)c2cnn(C)c2)nn1. The summed E-state index contributed by atoms with van der Waals surface area (Å²) in [4.78, 5) is 0.272. The molecule has 0 radical (unpaired) electrons. The first kappa shape index (κ1) is 16.7. The van der Waals surface area contributed by atoms with E-state index >= 15 is 0 Å². The largest absolute Gasteiger partial charge is 0.378 e. The lowest BCUT2D eigenvalue weighted by Crippen LogP contribution is -2.46. The van der Waals surface area contributed by atoms with Gasteiger partial charge in [-0.3, -0.25) is 4.68 Å². The number of fused-ring (bicyclic) bond motifs is 2. The molecule has 4 rings (SSSR count). The van der Waals surface area contributed by atoms with Gasteiger partial charge in [0.2, 0.25) is 10.0 Å². The first-order chi connectivity index (χ1) is 12.0. The van der Waals surface area contributed by atoms with Crippen molar-refractivity contribution in [3.05, 3.63) is 24.3 Å². The molecular formula is C15H22N6O3S. The van der Waals surface area contributed by atoms with E-state index < -0.39 is 10.0 Å². The van der Waals surface area contributed by atoms with Crippen LogP contribution in [0.4, 0.5) is 0 Å². The van der Waals surface area contributed by atoms with Crippen LogP contribution in [0.1, 0.15) is 37.4 Å². The summed E-state index contributed by atoms with van der Waals surface area (Å²) in [7, 11) is -0.151. The Balaban J connectivity index is 1.55. The van der Waals surface area contributed by atoms with Crippen molar-refractivity contribution in [2.75, 3.05) is 7.11 Å². The summed E-state index contributed by atoms with van der Waals surface area (Å²) in [6.07, 6.45) is 8.18. The average Bonchev–Trinajstić information content (AvgIpc) is 3.27. The first-order valence-corrected chi connectivity index (χ1v) is 9.85. The van der Waals surface area contributed by atoms with Crippen LogP contribution >= 0.6 is 0 Å². The summed E-state index contributed by atoms with van der Waals surface area (Å²) in [5, 5.41) is 12.3. The molecule has 0 saturated carbocycles. The zero-order chi connectivity index (χ0) is 17.6. The number of nitrogens with zero attached hydrogens (tertiary/aromatic N) is 6. The summed E-state index contributed by atoms with van der Waals surface area (Å²) in [6.45, 7) is 0.432. The molecule has 2 aromatic rings. The molecule has 2 fully saturated rings. The lowest BCUT2D eigenvalue weighted by molar-refractivity contribution is 0.180. The van der Waals surface area contributed by atoms with Crippen molar-refractivity contribution in [1.29, 1.82) is 0 Å². The quantitative estimate of drug-likeness (QED) is 0.774. The highest BCUT2D eigenvalue weighted by Gasteiger charge is 2.48. The molecule has 2 unspecified atom stereocenters. The van der Waals surface area contributed by atoms with Gasteiger partial charge in [-0.1, -0.05) is 5.21 Å². The molecule has 10 heteroatoms. The zero-order valence-corrected chi connectivity index (χ0v) is 15.1. The number of hydrogen-bond donors (Lipinski definition) is 0. The van der Waals surface area contributed by atoms with Crippen LogP contribution in [0.5, 0.6) is 0 Å². The van der Waals surface area contributed by atoms with Crippen molar-refractivity contribution in [3.8, 4) is 0 Å². The summed E-state index contributed by atoms with van der Waals surface area (Å²) in [6, 6.07) is 0.184. The molecule has 2 aromatic heterocycles. The number of sulfonamides is 1. The lowest BCUT2D eigenvalue weighted by atomic mass is 10.00. The van der Waals surface area contributed by atoms with Gasteiger partial charge in [-0.05, 0) is 25.7 Å². The van der Waals surface area contributed by atoms with Crippen LogP contribution < -0.4 is 0 Å². The monoisotopic (exact) mass is 366 g/mol. The Labute approximate surface area is 146 Å². The minimum absolute atomic E-state index is 0.00373. The zero-order valence-electron chi connectivity index (χ0n) is 14.3. The number of aryl methyl sites for hydroxylation is 1. The topological polar surface area (TPSA) is 95.1 Å². The van der Waals surface area contributed by atoms with Crippen LogP contribution in [-0.4, -0.2) is 56.7 Å². The molecule has 0 N–H and O–H groups in total. The third kappa shape index (κ3) is 2.87. The van der Waals surface area contributed by atoms with E-state index in [1.165, 1.54) is 10.9 Å². The Morgan fingerprint density at radius 3 is 2.52 bits per heavy atom. The third-order valence-electron chi connectivity index (χ3n) is 5.12. The van der Waals surface area contributed by atoms with Crippen LogP contribution in [0.2, 0.25) is 0 Å². The molecule has 9 nitrogen and oxygen atoms in total. The van der Waals surface area contributed by atoms with Gasteiger partial charge in [0, 0.05) is 32.4 Å². The van der Waals surface area contributed by atoms with Crippen molar-refractivity contribution in [2.45, 2.75) is 55.3 Å². The second-order valence-corrected chi connectivity index (χ2v) is 8.66. The van der Waals surface area contributed by atoms with E-state index in [9.17, 15) is 8.42 Å². The van der Waals surface area contributed by atoms with Crippen molar-refractivity contribution in [3.63, 3.8) is 0 Å². The Morgan fingerprint density at radius 1 is 1.20 bits per heavy atom. The van der Waals surface area contributed by atoms with E-state index in [-0.39, 0.29) is 23.0 Å². The van der Waals surface area contributed by atoms with E-state index in [0.717, 1.165) is 31.4 Å². The standard InChI is InChI=1S/C15H22N6O3S/c1-19-9-15(7-16-19)25(22,23)21-12-3-4-13(21)6-14(5-12)20-8-11(10-24-2)17-18-20/h7-9,12-14H,3-6,10H2,1-2H3. The smallest absolute Gasteiger partial charge is 0.246 e. The van der Waals surface area contributed by atoms with Gasteiger partial charge in [0.1, 0.15) is 10.6 Å². The van der Waals surface area contributed by atoms with E-state index in [1.54, 1.807) is 24.7 Å². The third-order valence-corrected chi connectivity index (χ3v) is 7.08. The second kappa shape index (κ2) is 6.19. The summed E-state index contributed by atoms with van der Waals surface area (Å²) in [5.41, 5.74) is 0.792. The average molecular weight is 366 g/mol. The number of hydrogen-bond acceptors (Lipinski definition) is 6. The van der Waals surface area contributed by atoms with Crippen LogP contribution in [0, 0.1) is 0 Å². The molecule has 2 aliphatic rings. The second-order valence-electron chi connectivity index (χ2n) is 6.82. The molecule has 2 saturated heterocycles. The lowest BCUT2D eigenvalue weighted by Gasteiger charge is -2.37. The van der Waals surface area contributed by atoms with Crippen LogP contribution in [0.3, 0.4) is 0 Å². The molecule has 0 amide bonds. The van der Waals surface area contributed by atoms with E-state index in [1.807, 2.05) is 10.9 Å². The predicted octanol–water partition coefficient (Wildman–Crippen LogP) is 0.715. The van der Waals surface area contributed by atoms with E-state index in [0.29, 0.717) is 6.61 Å². The molecule has 0 spiro atoms. The normalized spacial score (nSPS) is 27.0. The van der Waals surface area contributed by atoms with Crippen LogP contribution in [0.15, 0.2) is 23.5 Å². The number of aromatic nitrogens is 5. The van der Waals surface area contributed by atoms with Gasteiger partial charge in [-0.2, -0.15) is 9.40 Å². The van der Waals surface area contributed by atoms with Crippen LogP contribution in [-0.2, 0) is 28.4 Å². The van der Waals surface area contributed by atoms with Gasteiger partial charge in [0.15, 0.2) is 0 Å². The predicted molar refractivity (Wildman–Crippen MR) is 88.0 cm³/mol. The molecular weight excluding hydrogens is 344 g/mol. The molecule has 0 aliphatic carbocycles. The Hall–Kier alpha value is -1.78. The van der Waals surface area contributed by atoms with E-state index in [4.69, 9.17) is 4.74 Å². The Bertz CT molecular complexity index is 846. The summed E-state index contributed by atoms with van der Waals surface area (Å²) >= 11 is 0. The minimum atomic E-state index is -3.50. The molecule has 25 heavy (non-hydrogen) atoms. The first-order valence-electron chi connectivity index (χ1n) is 8.41. The highest BCUT2D eigenvalue weighted by atomic mass is 32.2. The van der Waals surface area contributed by atoms with Crippen molar-refractivity contribution in [2.24, 2.45) is 7.05 Å². The maximum atomic E-state index is 13.0. The maximum Gasteiger partial charge on any atom is 0.246 e. The van der Waals surface area contributed by atoms with Gasteiger partial charge in [-0.15, -0.1) is 5.10 Å². The van der Waals surface area contributed by atoms with Gasteiger partial charge in [0.05, 0.1) is 25.0 Å². The van der Waals surface area contributed by atoms with Gasteiger partial charge < -0.3 is 4.74 Å². The Kier molecular flexibility index (Phi) is 4.13. The van der Waals surface area contributed by atoms with Crippen molar-refractivity contribution < 1.29 is 13.2 Å². The molecule has 4 heterocycles. The molecule has 2 atom stereocenters. The van der Waals surface area contributed by atoms with Gasteiger partial charge in [-0.25, -0.2) is 13.1 Å². The maximum absolute atomic E-state index is 13.0. The highest BCUT2D eigenvalue weighted by Crippen LogP contribution is 2.43. The summed E-state index contributed by atoms with van der Waals surface area (Å²) in [5.74, 6) is 0. The van der Waals surface area contributed by atoms with Crippen molar-refractivity contribution >= 4 is 10.0 Å². The molecule has 2 aliphatic heterocycles. The fourth-order valence-corrected chi connectivity index (χ4v) is 5.95. The minimum Gasteiger partial charge on any atom is -0.378 e. The van der Waals surface area contributed by atoms with Gasteiger partial charge >= 0.3 is 0 Å². The number of rotatable bonds is 5. The van der Waals surface area contributed by atoms with E-state index in [2.05, 4.69) is 15.4 Å². The number of ether oxygens (including phenoxy) is 1. The molecule has 0 aromatic carbocycles. The number of piperidine rings is 1. The molecule has 136 valence electrons. The summed E-state index contributed by atoms with van der Waals surface area (Å²) < 4.78 is 36.2. The van der Waals surface area contributed by atoms with Crippen LogP contribution in [0.25, 0.3) is 0 Å².